The summed E-state index contributed by atoms with van der Waals surface area (Å²) in [6.07, 6.45) is -3.60. The highest BCUT2D eigenvalue weighted by molar-refractivity contribution is 6.31. The quantitative estimate of drug-likeness (QED) is 0.265. The normalized spacial score (nSPS) is 11.1. The van der Waals surface area contributed by atoms with Gasteiger partial charge in [-0.3, -0.25) is 4.79 Å². The van der Waals surface area contributed by atoms with Gasteiger partial charge >= 0.3 is 6.36 Å². The van der Waals surface area contributed by atoms with E-state index in [4.69, 9.17) is 16.3 Å². The Morgan fingerprint density at radius 3 is 2.31 bits per heavy atom. The Bertz CT molecular complexity index is 1380. The van der Waals surface area contributed by atoms with Crippen LogP contribution in [0.2, 0.25) is 5.02 Å². The number of nitrogens with zero attached hydrogens (tertiary/aromatic N) is 1. The molecule has 4 rings (SSSR count). The minimum atomic E-state index is -4.90. The molecule has 3 aromatic carbocycles. The first-order chi connectivity index (χ1) is 17.2. The monoisotopic (exact) mass is 516 g/mol. The molecule has 184 valence electrons. The van der Waals surface area contributed by atoms with Crippen LogP contribution in [0.4, 0.5) is 17.6 Å². The highest BCUT2D eigenvalue weighted by atomic mass is 35.5. The van der Waals surface area contributed by atoms with Crippen molar-refractivity contribution >= 4 is 17.5 Å². The van der Waals surface area contributed by atoms with Crippen LogP contribution in [0.5, 0.6) is 17.4 Å². The molecule has 4 aromatic rings. The molecule has 0 fully saturated rings. The Morgan fingerprint density at radius 1 is 0.917 bits per heavy atom. The summed E-state index contributed by atoms with van der Waals surface area (Å²) in [4.78, 5) is 16.6. The average molecular weight is 517 g/mol. The number of benzene rings is 3. The predicted molar refractivity (Wildman–Crippen MR) is 125 cm³/mol. The number of pyridine rings is 1. The number of carbonyl (C=O) groups excluding carboxylic acids is 1. The SMILES string of the molecule is O=C(NCc1ccc(-c2ccc(F)cc2)cc1Cl)c1ccnc(Oc2ccccc2OC(F)(F)F)c1. The summed E-state index contributed by atoms with van der Waals surface area (Å²) < 4.78 is 60.5. The molecule has 5 nitrogen and oxygen atoms in total. The standard InChI is InChI=1S/C26H17ClF4N2O3/c27-21-13-17(16-7-9-20(28)10-8-16)5-6-19(21)15-33-25(34)18-11-12-32-24(14-18)35-22-3-1-2-4-23(22)36-26(29,30)31/h1-14H,15H2,(H,33,34). The Morgan fingerprint density at radius 2 is 1.61 bits per heavy atom. The number of hydrogen-bond acceptors (Lipinski definition) is 4. The van der Waals surface area contributed by atoms with Crippen molar-refractivity contribution in [3.63, 3.8) is 0 Å². The highest BCUT2D eigenvalue weighted by Crippen LogP contribution is 2.34. The van der Waals surface area contributed by atoms with Crippen molar-refractivity contribution in [1.29, 1.82) is 0 Å². The highest BCUT2D eigenvalue weighted by Gasteiger charge is 2.32. The van der Waals surface area contributed by atoms with Gasteiger partial charge in [0.05, 0.1) is 0 Å². The van der Waals surface area contributed by atoms with Crippen LogP contribution in [-0.2, 0) is 6.54 Å². The number of hydrogen-bond donors (Lipinski definition) is 1. The zero-order chi connectivity index (χ0) is 25.7. The molecule has 0 bridgehead atoms. The van der Waals surface area contributed by atoms with Gasteiger partial charge in [0.15, 0.2) is 11.5 Å². The van der Waals surface area contributed by atoms with Crippen molar-refractivity contribution in [1.82, 2.24) is 10.3 Å². The Labute approximate surface area is 208 Å². The number of ether oxygens (including phenoxy) is 2. The zero-order valence-electron chi connectivity index (χ0n) is 18.4. The molecule has 0 unspecified atom stereocenters. The molecular formula is C26H17ClF4N2O3. The largest absolute Gasteiger partial charge is 0.573 e. The van der Waals surface area contributed by atoms with Crippen molar-refractivity contribution in [2.45, 2.75) is 12.9 Å². The number of amides is 1. The second-order valence-corrected chi connectivity index (χ2v) is 7.88. The van der Waals surface area contributed by atoms with Crippen molar-refractivity contribution in [2.75, 3.05) is 0 Å². The molecular weight excluding hydrogens is 500 g/mol. The van der Waals surface area contributed by atoms with Gasteiger partial charge in [-0.15, -0.1) is 13.2 Å². The van der Waals surface area contributed by atoms with Crippen molar-refractivity contribution in [2.24, 2.45) is 0 Å². The summed E-state index contributed by atoms with van der Waals surface area (Å²) >= 11 is 6.37. The lowest BCUT2D eigenvalue weighted by molar-refractivity contribution is -0.275. The van der Waals surface area contributed by atoms with Crippen LogP contribution in [0.15, 0.2) is 85.1 Å². The van der Waals surface area contributed by atoms with E-state index >= 15 is 0 Å². The first-order valence-electron chi connectivity index (χ1n) is 10.5. The van der Waals surface area contributed by atoms with E-state index < -0.39 is 18.0 Å². The lowest BCUT2D eigenvalue weighted by Gasteiger charge is -2.13. The van der Waals surface area contributed by atoms with Crippen molar-refractivity contribution in [3.8, 4) is 28.5 Å². The minimum absolute atomic E-state index is 0.0949. The van der Waals surface area contributed by atoms with Gasteiger partial charge in [0.2, 0.25) is 5.88 Å². The summed E-state index contributed by atoms with van der Waals surface area (Å²) in [5, 5.41) is 3.14. The maximum Gasteiger partial charge on any atom is 0.573 e. The summed E-state index contributed by atoms with van der Waals surface area (Å²) in [5.41, 5.74) is 2.41. The number of halogens is 5. The van der Waals surface area contributed by atoms with Gasteiger partial charge in [-0.1, -0.05) is 48.0 Å². The van der Waals surface area contributed by atoms with Crippen LogP contribution in [-0.4, -0.2) is 17.3 Å². The number of rotatable bonds is 7. The Balaban J connectivity index is 1.43. The molecule has 0 aliphatic carbocycles. The molecule has 1 amide bonds. The fraction of sp³-hybridized carbons (Fsp3) is 0.0769. The molecule has 1 N–H and O–H groups in total. The van der Waals surface area contributed by atoms with Crippen LogP contribution in [0.3, 0.4) is 0 Å². The summed E-state index contributed by atoms with van der Waals surface area (Å²) in [6, 6.07) is 19.2. The van der Waals surface area contributed by atoms with E-state index in [-0.39, 0.29) is 29.6 Å². The predicted octanol–water partition coefficient (Wildman–Crippen LogP) is 7.16. The fourth-order valence-electron chi connectivity index (χ4n) is 3.25. The van der Waals surface area contributed by atoms with Crippen molar-refractivity contribution < 1.29 is 31.8 Å². The molecule has 0 saturated heterocycles. The molecule has 10 heteroatoms. The van der Waals surface area contributed by atoms with Crippen LogP contribution < -0.4 is 14.8 Å². The second kappa shape index (κ2) is 10.7. The van der Waals surface area contributed by atoms with Crippen LogP contribution in [0.1, 0.15) is 15.9 Å². The van der Waals surface area contributed by atoms with Crippen LogP contribution in [0, 0.1) is 5.82 Å². The molecule has 36 heavy (non-hydrogen) atoms. The number of para-hydroxylation sites is 2. The topological polar surface area (TPSA) is 60.5 Å². The van der Waals surface area contributed by atoms with Gasteiger partial charge in [0.25, 0.3) is 5.91 Å². The van der Waals surface area contributed by atoms with E-state index in [2.05, 4.69) is 15.0 Å². The first kappa shape index (κ1) is 25.0. The molecule has 0 atom stereocenters. The van der Waals surface area contributed by atoms with E-state index in [0.717, 1.165) is 17.2 Å². The Kier molecular flexibility index (Phi) is 7.40. The third kappa shape index (κ3) is 6.51. The number of alkyl halides is 3. The van der Waals surface area contributed by atoms with Gasteiger partial charge in [0, 0.05) is 29.4 Å². The van der Waals surface area contributed by atoms with E-state index in [9.17, 15) is 22.4 Å². The molecule has 0 aliphatic rings. The van der Waals surface area contributed by atoms with E-state index in [1.807, 2.05) is 0 Å². The van der Waals surface area contributed by atoms with E-state index in [0.29, 0.717) is 10.6 Å². The third-order valence-corrected chi connectivity index (χ3v) is 5.31. The summed E-state index contributed by atoms with van der Waals surface area (Å²) in [6.45, 7) is 0.113. The molecule has 0 radical (unpaired) electrons. The van der Waals surface area contributed by atoms with E-state index in [1.54, 1.807) is 30.3 Å². The number of carbonyl (C=O) groups is 1. The summed E-state index contributed by atoms with van der Waals surface area (Å²) in [7, 11) is 0. The Hall–Kier alpha value is -4.11. The summed E-state index contributed by atoms with van der Waals surface area (Å²) in [5.74, 6) is -1.66. The maximum absolute atomic E-state index is 13.1. The van der Waals surface area contributed by atoms with Gasteiger partial charge in [-0.05, 0) is 53.1 Å². The minimum Gasteiger partial charge on any atom is -0.435 e. The van der Waals surface area contributed by atoms with Gasteiger partial charge < -0.3 is 14.8 Å². The molecule has 1 heterocycles. The molecule has 0 aliphatic heterocycles. The molecule has 1 aromatic heterocycles. The molecule has 0 saturated carbocycles. The second-order valence-electron chi connectivity index (χ2n) is 7.48. The smallest absolute Gasteiger partial charge is 0.435 e. The fourth-order valence-corrected chi connectivity index (χ4v) is 3.50. The first-order valence-corrected chi connectivity index (χ1v) is 10.9. The lowest BCUT2D eigenvalue weighted by atomic mass is 10.0. The average Bonchev–Trinajstić information content (AvgIpc) is 2.84. The van der Waals surface area contributed by atoms with E-state index in [1.165, 1.54) is 48.7 Å². The van der Waals surface area contributed by atoms with Crippen LogP contribution in [0.25, 0.3) is 11.1 Å². The number of aromatic nitrogens is 1. The van der Waals surface area contributed by atoms with Crippen LogP contribution >= 0.6 is 11.6 Å². The molecule has 0 spiro atoms. The van der Waals surface area contributed by atoms with Gasteiger partial charge in [-0.2, -0.15) is 0 Å². The van der Waals surface area contributed by atoms with Gasteiger partial charge in [-0.25, -0.2) is 9.37 Å². The zero-order valence-corrected chi connectivity index (χ0v) is 19.1. The lowest BCUT2D eigenvalue weighted by Crippen LogP contribution is -2.23. The maximum atomic E-state index is 13.1. The van der Waals surface area contributed by atoms with Crippen molar-refractivity contribution in [3.05, 3.63) is 107 Å². The number of nitrogens with one attached hydrogen (secondary N) is 1. The third-order valence-electron chi connectivity index (χ3n) is 4.96. The van der Waals surface area contributed by atoms with Gasteiger partial charge in [0.1, 0.15) is 5.82 Å².